The quantitative estimate of drug-likeness (QED) is 0.837. The van der Waals surface area contributed by atoms with Gasteiger partial charge in [0, 0.05) is 29.1 Å². The first-order valence-electron chi connectivity index (χ1n) is 6.37. The maximum Gasteiger partial charge on any atom is 0.0859 e. The molecule has 2 unspecified atom stereocenters. The van der Waals surface area contributed by atoms with Crippen molar-refractivity contribution in [2.24, 2.45) is 5.73 Å². The van der Waals surface area contributed by atoms with E-state index in [2.05, 4.69) is 5.10 Å². The molecule has 4 nitrogen and oxygen atoms in total. The number of aryl methyl sites for hydroxylation is 2. The summed E-state index contributed by atoms with van der Waals surface area (Å²) in [5.41, 5.74) is 7.57. The Kier molecular flexibility index (Phi) is 6.32. The van der Waals surface area contributed by atoms with Gasteiger partial charge in [-0.2, -0.15) is 5.10 Å². The summed E-state index contributed by atoms with van der Waals surface area (Å²) >= 11 is 6.27. The fourth-order valence-corrected chi connectivity index (χ4v) is 3.57. The van der Waals surface area contributed by atoms with Gasteiger partial charge in [-0.1, -0.05) is 25.4 Å². The summed E-state index contributed by atoms with van der Waals surface area (Å²) < 4.78 is 13.9. The van der Waals surface area contributed by atoms with Crippen molar-refractivity contribution in [3.63, 3.8) is 0 Å². The molecule has 1 rings (SSSR count). The lowest BCUT2D eigenvalue weighted by Crippen LogP contribution is -2.26. The lowest BCUT2D eigenvalue weighted by atomic mass is 10.3. The summed E-state index contributed by atoms with van der Waals surface area (Å²) in [6.07, 6.45) is 1.63. The Morgan fingerprint density at radius 2 is 2.11 bits per heavy atom. The van der Waals surface area contributed by atoms with Crippen LogP contribution in [0.15, 0.2) is 0 Å². The van der Waals surface area contributed by atoms with Crippen LogP contribution in [-0.2, 0) is 29.5 Å². The lowest BCUT2D eigenvalue weighted by molar-refractivity contribution is 0.621. The molecule has 0 spiro atoms. The zero-order valence-electron chi connectivity index (χ0n) is 11.3. The monoisotopic (exact) mass is 291 g/mol. The van der Waals surface area contributed by atoms with E-state index in [9.17, 15) is 4.21 Å². The van der Waals surface area contributed by atoms with Crippen molar-refractivity contribution in [1.29, 1.82) is 0 Å². The van der Waals surface area contributed by atoms with Gasteiger partial charge in [-0.15, -0.1) is 0 Å². The number of aromatic nitrogens is 2. The van der Waals surface area contributed by atoms with Gasteiger partial charge in [-0.25, -0.2) is 0 Å². The third kappa shape index (κ3) is 3.80. The lowest BCUT2D eigenvalue weighted by Gasteiger charge is -2.09. The molecule has 18 heavy (non-hydrogen) atoms. The first kappa shape index (κ1) is 15.7. The molecule has 0 amide bonds. The van der Waals surface area contributed by atoms with E-state index in [0.717, 1.165) is 30.8 Å². The first-order chi connectivity index (χ1) is 8.53. The number of nitrogens with zero attached hydrogens (tertiary/aromatic N) is 2. The van der Waals surface area contributed by atoms with Crippen LogP contribution in [0.25, 0.3) is 0 Å². The number of hydrogen-bond acceptors (Lipinski definition) is 3. The van der Waals surface area contributed by atoms with Crippen molar-refractivity contribution >= 4 is 22.4 Å². The van der Waals surface area contributed by atoms with Crippen LogP contribution >= 0.6 is 11.6 Å². The highest BCUT2D eigenvalue weighted by molar-refractivity contribution is 7.84. The molecular formula is C12H22ClN3OS. The Bertz CT molecular complexity index is 420. The van der Waals surface area contributed by atoms with Crippen molar-refractivity contribution in [2.45, 2.75) is 52.0 Å². The molecule has 1 aromatic heterocycles. The molecule has 0 radical (unpaired) electrons. The molecule has 0 aromatic carbocycles. The van der Waals surface area contributed by atoms with Crippen molar-refractivity contribution in [3.8, 4) is 0 Å². The van der Waals surface area contributed by atoms with E-state index in [0.29, 0.717) is 16.5 Å². The highest BCUT2D eigenvalue weighted by atomic mass is 35.5. The largest absolute Gasteiger partial charge is 0.327 e. The standard InChI is InChI=1S/C12H22ClN3OS/c1-4-9(14)7-18(17)8-11-12(13)10(5-2)15-16(11)6-3/h9H,4-8,14H2,1-3H3. The van der Waals surface area contributed by atoms with Crippen LogP contribution in [0.3, 0.4) is 0 Å². The molecule has 2 N–H and O–H groups in total. The Hall–Kier alpha value is -0.390. The molecule has 0 aliphatic rings. The number of rotatable bonds is 7. The molecule has 0 fully saturated rings. The molecule has 104 valence electrons. The van der Waals surface area contributed by atoms with E-state index in [-0.39, 0.29) is 6.04 Å². The number of nitrogens with two attached hydrogens (primary N) is 1. The molecule has 2 atom stereocenters. The molecule has 1 aromatic rings. The van der Waals surface area contributed by atoms with Crippen LogP contribution in [0, 0.1) is 0 Å². The van der Waals surface area contributed by atoms with Crippen LogP contribution < -0.4 is 5.73 Å². The SMILES string of the molecule is CCc1nn(CC)c(CS(=O)CC(N)CC)c1Cl. The molecule has 6 heteroatoms. The highest BCUT2D eigenvalue weighted by Crippen LogP contribution is 2.23. The van der Waals surface area contributed by atoms with Gasteiger partial charge in [-0.3, -0.25) is 8.89 Å². The van der Waals surface area contributed by atoms with Gasteiger partial charge in [-0.05, 0) is 19.8 Å². The minimum atomic E-state index is -0.982. The number of halogens is 1. The van der Waals surface area contributed by atoms with E-state index >= 15 is 0 Å². The Morgan fingerprint density at radius 1 is 1.44 bits per heavy atom. The fourth-order valence-electron chi connectivity index (χ4n) is 1.72. The van der Waals surface area contributed by atoms with Gasteiger partial charge < -0.3 is 5.73 Å². The van der Waals surface area contributed by atoms with E-state index in [4.69, 9.17) is 17.3 Å². The smallest absolute Gasteiger partial charge is 0.0859 e. The molecule has 0 aliphatic carbocycles. The zero-order valence-corrected chi connectivity index (χ0v) is 12.9. The van der Waals surface area contributed by atoms with Crippen molar-refractivity contribution in [1.82, 2.24) is 9.78 Å². The summed E-state index contributed by atoms with van der Waals surface area (Å²) in [4.78, 5) is 0. The second-order valence-electron chi connectivity index (χ2n) is 4.30. The van der Waals surface area contributed by atoms with Gasteiger partial charge in [0.15, 0.2) is 0 Å². The Labute approximate surface area is 116 Å². The van der Waals surface area contributed by atoms with Gasteiger partial charge in [0.1, 0.15) is 0 Å². The highest BCUT2D eigenvalue weighted by Gasteiger charge is 2.17. The van der Waals surface area contributed by atoms with E-state index in [1.807, 2.05) is 25.5 Å². The van der Waals surface area contributed by atoms with Crippen LogP contribution in [0.2, 0.25) is 5.02 Å². The minimum Gasteiger partial charge on any atom is -0.327 e. The summed E-state index contributed by atoms with van der Waals surface area (Å²) in [5, 5.41) is 5.08. The molecular weight excluding hydrogens is 270 g/mol. The second-order valence-corrected chi connectivity index (χ2v) is 6.18. The fraction of sp³-hybridized carbons (Fsp3) is 0.750. The molecule has 0 saturated heterocycles. The normalized spacial score (nSPS) is 14.7. The second kappa shape index (κ2) is 7.26. The minimum absolute atomic E-state index is 0.00625. The third-order valence-corrected chi connectivity index (χ3v) is 4.75. The van der Waals surface area contributed by atoms with Crippen molar-refractivity contribution in [2.75, 3.05) is 5.75 Å². The van der Waals surface area contributed by atoms with Crippen LogP contribution in [-0.4, -0.2) is 25.8 Å². The summed E-state index contributed by atoms with van der Waals surface area (Å²) in [7, 11) is -0.982. The topological polar surface area (TPSA) is 60.9 Å². The predicted molar refractivity (Wildman–Crippen MR) is 77.3 cm³/mol. The third-order valence-electron chi connectivity index (χ3n) is 2.92. The van der Waals surface area contributed by atoms with Crippen molar-refractivity contribution < 1.29 is 4.21 Å². The molecule has 0 saturated carbocycles. The van der Waals surface area contributed by atoms with E-state index in [1.54, 1.807) is 0 Å². The Morgan fingerprint density at radius 3 is 2.61 bits per heavy atom. The van der Waals surface area contributed by atoms with Crippen LogP contribution in [0.5, 0.6) is 0 Å². The predicted octanol–water partition coefficient (Wildman–Crippen LogP) is 2.10. The summed E-state index contributed by atoms with van der Waals surface area (Å²) in [6, 6.07) is -0.00625. The van der Waals surface area contributed by atoms with Crippen LogP contribution in [0.1, 0.15) is 38.6 Å². The van der Waals surface area contributed by atoms with Crippen LogP contribution in [0.4, 0.5) is 0 Å². The average molecular weight is 292 g/mol. The maximum atomic E-state index is 12.0. The molecule has 0 aliphatic heterocycles. The number of hydrogen-bond donors (Lipinski definition) is 1. The Balaban J connectivity index is 2.83. The summed E-state index contributed by atoms with van der Waals surface area (Å²) in [6.45, 7) is 6.77. The van der Waals surface area contributed by atoms with Gasteiger partial charge in [0.25, 0.3) is 0 Å². The zero-order chi connectivity index (χ0) is 13.7. The summed E-state index contributed by atoms with van der Waals surface area (Å²) in [5.74, 6) is 0.955. The van der Waals surface area contributed by atoms with Gasteiger partial charge in [0.05, 0.1) is 22.2 Å². The van der Waals surface area contributed by atoms with E-state index in [1.165, 1.54) is 0 Å². The molecule has 0 bridgehead atoms. The average Bonchev–Trinajstić information content (AvgIpc) is 2.66. The van der Waals surface area contributed by atoms with Gasteiger partial charge >= 0.3 is 0 Å². The van der Waals surface area contributed by atoms with Crippen molar-refractivity contribution in [3.05, 3.63) is 16.4 Å². The first-order valence-corrected chi connectivity index (χ1v) is 8.24. The maximum absolute atomic E-state index is 12.0. The van der Waals surface area contributed by atoms with Gasteiger partial charge in [0.2, 0.25) is 0 Å². The molecule has 1 heterocycles. The van der Waals surface area contributed by atoms with E-state index < -0.39 is 10.8 Å².